The molecule has 2 bridgehead atoms. The summed E-state index contributed by atoms with van der Waals surface area (Å²) in [5.41, 5.74) is 3.08. The van der Waals surface area contributed by atoms with Crippen molar-refractivity contribution in [3.63, 3.8) is 0 Å². The highest BCUT2D eigenvalue weighted by atomic mass is 16.6. The Morgan fingerprint density at radius 3 is 2.36 bits per heavy atom. The Bertz CT molecular complexity index is 510. The van der Waals surface area contributed by atoms with Gasteiger partial charge in [-0.2, -0.15) is 0 Å². The van der Waals surface area contributed by atoms with Gasteiger partial charge in [-0.3, -0.25) is 0 Å². The van der Waals surface area contributed by atoms with E-state index in [1.807, 2.05) is 19.1 Å². The summed E-state index contributed by atoms with van der Waals surface area (Å²) in [6, 6.07) is 4.04. The molecule has 0 saturated carbocycles. The lowest BCUT2D eigenvalue weighted by Gasteiger charge is -2.22. The van der Waals surface area contributed by atoms with Gasteiger partial charge in [-0.25, -0.2) is 4.79 Å². The number of hydrogen-bond donors (Lipinski definition) is 1. The molecule has 0 radical (unpaired) electrons. The zero-order valence-corrected chi connectivity index (χ0v) is 13.6. The summed E-state index contributed by atoms with van der Waals surface area (Å²) in [6.07, 6.45) is 5.08. The Kier molecular flexibility index (Phi) is 6.40. The molecule has 22 heavy (non-hydrogen) atoms. The van der Waals surface area contributed by atoms with Gasteiger partial charge in [0, 0.05) is 12.2 Å². The van der Waals surface area contributed by atoms with E-state index >= 15 is 0 Å². The molecule has 4 nitrogen and oxygen atoms in total. The number of aryl methyl sites for hydroxylation is 2. The topological polar surface area (TPSA) is 55.8 Å². The number of aliphatic hydroxyl groups is 1. The number of hydrogen-bond acceptors (Lipinski definition) is 4. The van der Waals surface area contributed by atoms with Crippen LogP contribution in [0.25, 0.3) is 0 Å². The van der Waals surface area contributed by atoms with Crippen LogP contribution in [0.4, 0.5) is 0 Å². The lowest BCUT2D eigenvalue weighted by atomic mass is 9.88. The van der Waals surface area contributed by atoms with Crippen molar-refractivity contribution in [2.75, 3.05) is 13.2 Å². The molecule has 122 valence electrons. The Balaban J connectivity index is 2.54. The summed E-state index contributed by atoms with van der Waals surface area (Å²) >= 11 is 0. The number of carbonyl (C=O) groups excluding carboxylic acids is 1. The fourth-order valence-electron chi connectivity index (χ4n) is 3.09. The molecule has 0 saturated heterocycles. The Hall–Kier alpha value is -1.39. The van der Waals surface area contributed by atoms with Crippen LogP contribution in [0.5, 0.6) is 0 Å². The zero-order valence-electron chi connectivity index (χ0n) is 13.6. The van der Waals surface area contributed by atoms with Crippen molar-refractivity contribution in [1.29, 1.82) is 0 Å². The summed E-state index contributed by atoms with van der Waals surface area (Å²) in [6.45, 7) is 4.35. The van der Waals surface area contributed by atoms with Gasteiger partial charge in [0.15, 0.2) is 6.29 Å². The van der Waals surface area contributed by atoms with Crippen LogP contribution in [0.1, 0.15) is 72.9 Å². The zero-order chi connectivity index (χ0) is 15.9. The van der Waals surface area contributed by atoms with Gasteiger partial charge in [-0.05, 0) is 50.7 Å². The predicted octanol–water partition coefficient (Wildman–Crippen LogP) is 3.55. The maximum absolute atomic E-state index is 12.5. The van der Waals surface area contributed by atoms with E-state index in [1.165, 1.54) is 12.8 Å². The monoisotopic (exact) mass is 306 g/mol. The molecule has 1 N–H and O–H groups in total. The second-order valence-electron chi connectivity index (χ2n) is 5.61. The standard InChI is InChI=1S/C18H26O4/c1-3-21-17(19)15-13-9-7-5-6-8-10-14(12-11-13)16(15)18(20)22-4-2/h11-12,17,19H,3-10H2,1-2H3/t17-/m0/s1. The maximum atomic E-state index is 12.5. The Morgan fingerprint density at radius 1 is 1.09 bits per heavy atom. The SMILES string of the molecule is CCOC(=O)c1c2ccc(c1[C@@H](O)OCC)CCCCCC2. The molecule has 1 aromatic rings. The first kappa shape index (κ1) is 17.0. The van der Waals surface area contributed by atoms with E-state index in [-0.39, 0.29) is 5.97 Å². The van der Waals surface area contributed by atoms with Crippen LogP contribution in [-0.2, 0) is 22.3 Å². The number of rotatable bonds is 5. The highest BCUT2D eigenvalue weighted by Gasteiger charge is 2.26. The van der Waals surface area contributed by atoms with E-state index in [0.29, 0.717) is 24.3 Å². The summed E-state index contributed by atoms with van der Waals surface area (Å²) in [7, 11) is 0. The summed E-state index contributed by atoms with van der Waals surface area (Å²) < 4.78 is 10.6. The Morgan fingerprint density at radius 2 is 1.73 bits per heavy atom. The summed E-state index contributed by atoms with van der Waals surface area (Å²) in [4.78, 5) is 12.5. The van der Waals surface area contributed by atoms with Gasteiger partial charge in [-0.1, -0.05) is 25.0 Å². The fourth-order valence-corrected chi connectivity index (χ4v) is 3.09. The van der Waals surface area contributed by atoms with Crippen molar-refractivity contribution < 1.29 is 19.4 Å². The summed E-state index contributed by atoms with van der Waals surface area (Å²) in [5.74, 6) is -0.353. The third kappa shape index (κ3) is 3.87. The first-order chi connectivity index (χ1) is 10.7. The molecule has 0 fully saturated rings. The predicted molar refractivity (Wildman–Crippen MR) is 84.9 cm³/mol. The normalized spacial score (nSPS) is 16.3. The molecule has 1 atom stereocenters. The molecule has 0 spiro atoms. The number of carbonyl (C=O) groups is 1. The van der Waals surface area contributed by atoms with Gasteiger partial charge in [-0.15, -0.1) is 0 Å². The van der Waals surface area contributed by atoms with E-state index in [0.717, 1.165) is 36.8 Å². The van der Waals surface area contributed by atoms with Gasteiger partial charge < -0.3 is 14.6 Å². The quantitative estimate of drug-likeness (QED) is 0.667. The van der Waals surface area contributed by atoms with Crippen molar-refractivity contribution in [3.05, 3.63) is 34.4 Å². The van der Waals surface area contributed by atoms with E-state index in [1.54, 1.807) is 6.92 Å². The molecular formula is C18H26O4. The molecule has 0 aliphatic heterocycles. The fraction of sp³-hybridized carbons (Fsp3) is 0.611. The minimum Gasteiger partial charge on any atom is -0.462 e. The molecule has 0 unspecified atom stereocenters. The second-order valence-corrected chi connectivity index (χ2v) is 5.61. The van der Waals surface area contributed by atoms with Crippen molar-refractivity contribution in [2.24, 2.45) is 0 Å². The molecule has 2 aliphatic rings. The molecule has 2 aliphatic carbocycles. The molecule has 4 heteroatoms. The third-order valence-electron chi connectivity index (χ3n) is 4.12. The van der Waals surface area contributed by atoms with Crippen LogP contribution in [-0.4, -0.2) is 24.3 Å². The van der Waals surface area contributed by atoms with Gasteiger partial charge in [0.25, 0.3) is 0 Å². The molecule has 0 amide bonds. The first-order valence-electron chi connectivity index (χ1n) is 8.30. The number of esters is 1. The minimum absolute atomic E-state index is 0.326. The Labute approximate surface area is 132 Å². The van der Waals surface area contributed by atoms with Crippen molar-refractivity contribution >= 4 is 5.97 Å². The minimum atomic E-state index is -1.07. The van der Waals surface area contributed by atoms with E-state index in [9.17, 15) is 9.90 Å². The van der Waals surface area contributed by atoms with Gasteiger partial charge in [0.2, 0.25) is 0 Å². The number of aliphatic hydroxyl groups excluding tert-OH is 1. The highest BCUT2D eigenvalue weighted by molar-refractivity contribution is 5.93. The van der Waals surface area contributed by atoms with E-state index < -0.39 is 6.29 Å². The molecular weight excluding hydrogens is 280 g/mol. The smallest absolute Gasteiger partial charge is 0.338 e. The van der Waals surface area contributed by atoms with Crippen LogP contribution in [0, 0.1) is 0 Å². The molecule has 0 heterocycles. The van der Waals surface area contributed by atoms with Crippen molar-refractivity contribution in [1.82, 2.24) is 0 Å². The number of ether oxygens (including phenoxy) is 2. The average Bonchev–Trinajstić information content (AvgIpc) is 2.52. The average molecular weight is 306 g/mol. The summed E-state index contributed by atoms with van der Waals surface area (Å²) in [5, 5.41) is 10.4. The lowest BCUT2D eigenvalue weighted by Crippen LogP contribution is -2.18. The number of benzene rings is 1. The van der Waals surface area contributed by atoms with Crippen LogP contribution in [0.3, 0.4) is 0 Å². The number of fused-ring (bicyclic) bond motifs is 7. The van der Waals surface area contributed by atoms with E-state index in [4.69, 9.17) is 9.47 Å². The van der Waals surface area contributed by atoms with Crippen LogP contribution in [0.15, 0.2) is 12.1 Å². The van der Waals surface area contributed by atoms with Crippen molar-refractivity contribution in [3.8, 4) is 0 Å². The van der Waals surface area contributed by atoms with Crippen LogP contribution >= 0.6 is 0 Å². The largest absolute Gasteiger partial charge is 0.462 e. The van der Waals surface area contributed by atoms with Gasteiger partial charge >= 0.3 is 5.97 Å². The maximum Gasteiger partial charge on any atom is 0.338 e. The third-order valence-corrected chi connectivity index (χ3v) is 4.12. The first-order valence-corrected chi connectivity index (χ1v) is 8.30. The second kappa shape index (κ2) is 8.30. The molecule has 1 aromatic carbocycles. The van der Waals surface area contributed by atoms with Gasteiger partial charge in [0.1, 0.15) is 0 Å². The van der Waals surface area contributed by atoms with E-state index in [2.05, 4.69) is 0 Å². The van der Waals surface area contributed by atoms with Crippen molar-refractivity contribution in [2.45, 2.75) is 58.7 Å². The van der Waals surface area contributed by atoms with Crippen LogP contribution < -0.4 is 0 Å². The molecule has 3 rings (SSSR count). The van der Waals surface area contributed by atoms with Crippen LogP contribution in [0.2, 0.25) is 0 Å². The lowest BCUT2D eigenvalue weighted by molar-refractivity contribution is -0.0990. The van der Waals surface area contributed by atoms with Gasteiger partial charge in [0.05, 0.1) is 12.2 Å². The highest BCUT2D eigenvalue weighted by Crippen LogP contribution is 2.31. The molecule has 0 aromatic heterocycles.